The van der Waals surface area contributed by atoms with Crippen LogP contribution in [0, 0.1) is 6.92 Å². The molecule has 1 amide bonds. The molecule has 0 radical (unpaired) electrons. The molecule has 2 aromatic carbocycles. The summed E-state index contributed by atoms with van der Waals surface area (Å²) in [5.74, 6) is -0.129. The van der Waals surface area contributed by atoms with Gasteiger partial charge in [0.05, 0.1) is 25.1 Å². The molecule has 1 atom stereocenters. The minimum absolute atomic E-state index is 0.0449. The third-order valence-corrected chi connectivity index (χ3v) is 6.22. The Morgan fingerprint density at radius 2 is 1.92 bits per heavy atom. The third-order valence-electron chi connectivity index (χ3n) is 5.97. The maximum atomic E-state index is 13.2. The van der Waals surface area contributed by atoms with Gasteiger partial charge in [-0.2, -0.15) is 5.10 Å². The quantitative estimate of drug-likeness (QED) is 0.350. The number of methoxy groups -OCH3 is 1. The van der Waals surface area contributed by atoms with E-state index >= 15 is 0 Å². The summed E-state index contributed by atoms with van der Waals surface area (Å²) >= 11 is 5.94. The number of aromatic hydroxyl groups is 2. The molecule has 0 saturated heterocycles. The highest BCUT2D eigenvalue weighted by atomic mass is 35.5. The second-order valence-corrected chi connectivity index (χ2v) is 8.84. The number of hydrogen-bond acceptors (Lipinski definition) is 8. The molecule has 37 heavy (non-hydrogen) atoms. The Balaban J connectivity index is 1.64. The summed E-state index contributed by atoms with van der Waals surface area (Å²) in [6.45, 7) is 1.55. The summed E-state index contributed by atoms with van der Waals surface area (Å²) in [5.41, 5.74) is 0.713. The van der Waals surface area contributed by atoms with Crippen LogP contribution in [-0.2, 0) is 0 Å². The van der Waals surface area contributed by atoms with E-state index in [4.69, 9.17) is 20.8 Å². The molecule has 0 bridgehead atoms. The van der Waals surface area contributed by atoms with Gasteiger partial charge in [0.15, 0.2) is 17.3 Å². The molecule has 4 aromatic rings. The van der Waals surface area contributed by atoms with Crippen molar-refractivity contribution in [2.24, 2.45) is 4.99 Å². The fourth-order valence-electron chi connectivity index (χ4n) is 4.21. The Morgan fingerprint density at radius 3 is 2.62 bits per heavy atom. The van der Waals surface area contributed by atoms with Crippen molar-refractivity contribution in [1.29, 1.82) is 0 Å². The standard InChI is InChI=1S/C26H21ClN4O6/c1-13-9-21(33)23(26(35)37-13)18-11-19(14-3-8-20(32)22(10-14)36-2)31-24(30-18)17(12-28-31)25(34)29-16-6-4-15(27)5-7-16/h3-10,12,19,32-33H,11H2,1-2H3,(H,29,34)/t19-/m0/s1. The van der Waals surface area contributed by atoms with Crippen LogP contribution in [0.3, 0.4) is 0 Å². The van der Waals surface area contributed by atoms with Crippen molar-refractivity contribution in [2.75, 3.05) is 12.4 Å². The molecule has 1 aliphatic rings. The summed E-state index contributed by atoms with van der Waals surface area (Å²) in [7, 11) is 1.43. The van der Waals surface area contributed by atoms with Gasteiger partial charge in [-0.05, 0) is 48.9 Å². The number of ether oxygens (including phenoxy) is 1. The number of aliphatic imine (C=N–C) groups is 1. The van der Waals surface area contributed by atoms with Crippen LogP contribution >= 0.6 is 11.6 Å². The lowest BCUT2D eigenvalue weighted by Crippen LogP contribution is -2.25. The lowest BCUT2D eigenvalue weighted by atomic mass is 9.95. The van der Waals surface area contributed by atoms with Gasteiger partial charge in [-0.3, -0.25) is 4.79 Å². The average molecular weight is 521 g/mol. The predicted octanol–water partition coefficient (Wildman–Crippen LogP) is 4.58. The van der Waals surface area contributed by atoms with Crippen LogP contribution in [0.25, 0.3) is 0 Å². The normalized spacial score (nSPS) is 14.6. The molecular formula is C26H21ClN4O6. The van der Waals surface area contributed by atoms with Gasteiger partial charge in [-0.1, -0.05) is 17.7 Å². The Labute approximate surface area is 215 Å². The number of aryl methyl sites for hydroxylation is 1. The molecule has 3 N–H and O–H groups in total. The number of phenols is 1. The summed E-state index contributed by atoms with van der Waals surface area (Å²) in [4.78, 5) is 30.5. The van der Waals surface area contributed by atoms with Crippen molar-refractivity contribution >= 4 is 34.7 Å². The molecule has 0 saturated carbocycles. The first kappa shape index (κ1) is 24.1. The topological polar surface area (TPSA) is 139 Å². The molecule has 2 aromatic heterocycles. The maximum absolute atomic E-state index is 13.2. The molecule has 0 unspecified atom stereocenters. The summed E-state index contributed by atoms with van der Waals surface area (Å²) in [5, 5.41) is 28.4. The molecule has 11 heteroatoms. The van der Waals surface area contributed by atoms with E-state index in [0.717, 1.165) is 0 Å². The summed E-state index contributed by atoms with van der Waals surface area (Å²) in [6, 6.07) is 12.2. The highest BCUT2D eigenvalue weighted by Gasteiger charge is 2.32. The van der Waals surface area contributed by atoms with Crippen molar-refractivity contribution in [3.8, 4) is 17.2 Å². The van der Waals surface area contributed by atoms with E-state index in [1.165, 1.54) is 25.4 Å². The van der Waals surface area contributed by atoms with Crippen molar-refractivity contribution < 1.29 is 24.2 Å². The minimum Gasteiger partial charge on any atom is -0.507 e. The number of benzene rings is 2. The molecule has 5 rings (SSSR count). The Bertz CT molecular complexity index is 1610. The number of nitrogens with one attached hydrogen (secondary N) is 1. The van der Waals surface area contributed by atoms with Crippen LogP contribution in [0.2, 0.25) is 5.02 Å². The zero-order valence-corrected chi connectivity index (χ0v) is 20.5. The van der Waals surface area contributed by atoms with E-state index in [1.54, 1.807) is 48.0 Å². The van der Waals surface area contributed by atoms with Crippen LogP contribution in [-0.4, -0.2) is 38.7 Å². The van der Waals surface area contributed by atoms with Crippen LogP contribution in [0.5, 0.6) is 17.2 Å². The first-order valence-electron chi connectivity index (χ1n) is 11.2. The van der Waals surface area contributed by atoms with Gasteiger partial charge < -0.3 is 24.7 Å². The molecule has 0 fully saturated rings. The molecule has 3 heterocycles. The zero-order valence-electron chi connectivity index (χ0n) is 19.7. The number of aromatic nitrogens is 2. The number of carbonyl (C=O) groups is 1. The van der Waals surface area contributed by atoms with Gasteiger partial charge in [0.1, 0.15) is 22.6 Å². The average Bonchev–Trinajstić information content (AvgIpc) is 3.29. The van der Waals surface area contributed by atoms with E-state index in [1.807, 2.05) is 0 Å². The number of carbonyl (C=O) groups excluding carboxylic acids is 1. The number of hydrogen-bond donors (Lipinski definition) is 3. The van der Waals surface area contributed by atoms with E-state index in [2.05, 4.69) is 15.4 Å². The second kappa shape index (κ2) is 9.47. The monoisotopic (exact) mass is 520 g/mol. The van der Waals surface area contributed by atoms with E-state index in [9.17, 15) is 19.8 Å². The Kier molecular flexibility index (Phi) is 6.18. The molecule has 188 valence electrons. The van der Waals surface area contributed by atoms with E-state index in [0.29, 0.717) is 16.3 Å². The van der Waals surface area contributed by atoms with E-state index in [-0.39, 0.29) is 52.1 Å². The first-order valence-corrected chi connectivity index (χ1v) is 11.6. The zero-order chi connectivity index (χ0) is 26.3. The predicted molar refractivity (Wildman–Crippen MR) is 137 cm³/mol. The van der Waals surface area contributed by atoms with Crippen molar-refractivity contribution in [3.05, 3.63) is 92.6 Å². The first-order chi connectivity index (χ1) is 17.7. The van der Waals surface area contributed by atoms with Crippen molar-refractivity contribution in [1.82, 2.24) is 9.78 Å². The number of nitrogens with zero attached hydrogens (tertiary/aromatic N) is 3. The van der Waals surface area contributed by atoms with Crippen LogP contribution in [0.1, 0.15) is 39.7 Å². The van der Waals surface area contributed by atoms with Crippen molar-refractivity contribution in [2.45, 2.75) is 19.4 Å². The SMILES string of the molecule is COc1cc([C@@H]2CC(c3c(O)cc(C)oc3=O)=Nc3c(C(=O)Nc4ccc(Cl)cc4)cnn32)ccc1O. The number of halogens is 1. The minimum atomic E-state index is -0.751. The van der Waals surface area contributed by atoms with Gasteiger partial charge in [-0.15, -0.1) is 0 Å². The van der Waals surface area contributed by atoms with Gasteiger partial charge in [0, 0.05) is 23.2 Å². The number of amides is 1. The lowest BCUT2D eigenvalue weighted by molar-refractivity contribution is 0.102. The van der Waals surface area contributed by atoms with Crippen LogP contribution in [0.15, 0.2) is 68.9 Å². The highest BCUT2D eigenvalue weighted by molar-refractivity contribution is 6.30. The van der Waals surface area contributed by atoms with Crippen LogP contribution < -0.4 is 15.7 Å². The van der Waals surface area contributed by atoms with Gasteiger partial charge in [0.2, 0.25) is 0 Å². The summed E-state index contributed by atoms with van der Waals surface area (Å²) in [6.07, 6.45) is 1.53. The number of rotatable bonds is 5. The molecule has 0 spiro atoms. The van der Waals surface area contributed by atoms with Crippen molar-refractivity contribution in [3.63, 3.8) is 0 Å². The fourth-order valence-corrected chi connectivity index (χ4v) is 4.34. The van der Waals surface area contributed by atoms with Gasteiger partial charge in [0.25, 0.3) is 5.91 Å². The van der Waals surface area contributed by atoms with Gasteiger partial charge in [-0.25, -0.2) is 14.5 Å². The largest absolute Gasteiger partial charge is 0.507 e. The number of phenolic OH excluding ortho intramolecular Hbond substituents is 1. The lowest BCUT2D eigenvalue weighted by Gasteiger charge is -2.25. The maximum Gasteiger partial charge on any atom is 0.348 e. The number of anilines is 1. The molecule has 0 aliphatic carbocycles. The molecular weight excluding hydrogens is 500 g/mol. The Morgan fingerprint density at radius 1 is 1.16 bits per heavy atom. The molecule has 10 nitrogen and oxygen atoms in total. The smallest absolute Gasteiger partial charge is 0.348 e. The fraction of sp³-hybridized carbons (Fsp3) is 0.154. The highest BCUT2D eigenvalue weighted by Crippen LogP contribution is 2.39. The number of fused-ring (bicyclic) bond motifs is 1. The summed E-state index contributed by atoms with van der Waals surface area (Å²) < 4.78 is 12.0. The Hall–Kier alpha value is -4.57. The van der Waals surface area contributed by atoms with E-state index < -0.39 is 17.6 Å². The molecule has 1 aliphatic heterocycles. The second-order valence-electron chi connectivity index (χ2n) is 8.40. The van der Waals surface area contributed by atoms with Crippen LogP contribution in [0.4, 0.5) is 11.5 Å². The third kappa shape index (κ3) is 4.54. The van der Waals surface area contributed by atoms with Gasteiger partial charge >= 0.3 is 5.63 Å².